The van der Waals surface area contributed by atoms with Gasteiger partial charge in [0.25, 0.3) is 0 Å². The molecule has 2 heteroatoms. The largest absolute Gasteiger partial charge is 0.236 e. The summed E-state index contributed by atoms with van der Waals surface area (Å²) in [6, 6.07) is 0. The fraction of sp³-hybridized carbons (Fsp3) is 0.750. The second-order valence-corrected chi connectivity index (χ2v) is 2.75. The monoisotopic (exact) mass is 142 g/mol. The van der Waals surface area contributed by atoms with Crippen molar-refractivity contribution in [3.63, 3.8) is 0 Å². The van der Waals surface area contributed by atoms with Crippen LogP contribution >= 0.6 is 0 Å². The van der Waals surface area contributed by atoms with E-state index in [2.05, 4.69) is 13.5 Å². The Morgan fingerprint density at radius 3 is 3.10 bits per heavy atom. The maximum absolute atomic E-state index is 5.02. The van der Waals surface area contributed by atoms with E-state index in [9.17, 15) is 0 Å². The summed E-state index contributed by atoms with van der Waals surface area (Å²) in [7, 11) is 0. The molecule has 0 N–H and O–H groups in total. The van der Waals surface area contributed by atoms with Gasteiger partial charge in [0.15, 0.2) is 0 Å². The number of allylic oxidation sites excluding steroid dienone is 1. The third-order valence-electron chi connectivity index (χ3n) is 1.85. The van der Waals surface area contributed by atoms with Gasteiger partial charge in [0, 0.05) is 6.42 Å². The normalized spacial score (nSPS) is 28.3. The summed E-state index contributed by atoms with van der Waals surface area (Å²) in [4.78, 5) is 9.81. The molecule has 2 unspecified atom stereocenters. The van der Waals surface area contributed by atoms with Gasteiger partial charge in [-0.15, -0.1) is 6.58 Å². The Kier molecular flexibility index (Phi) is 2.90. The second kappa shape index (κ2) is 3.74. The van der Waals surface area contributed by atoms with Gasteiger partial charge in [-0.25, -0.2) is 9.78 Å². The molecule has 1 aliphatic heterocycles. The number of hydrogen-bond acceptors (Lipinski definition) is 2. The van der Waals surface area contributed by atoms with Gasteiger partial charge in [-0.3, -0.25) is 0 Å². The fourth-order valence-corrected chi connectivity index (χ4v) is 1.14. The SMILES string of the molecule is C=CCC(C)C1CCOO1. The van der Waals surface area contributed by atoms with Crippen molar-refractivity contribution in [3.05, 3.63) is 12.7 Å². The van der Waals surface area contributed by atoms with Crippen LogP contribution in [0, 0.1) is 5.92 Å². The second-order valence-electron chi connectivity index (χ2n) is 2.75. The molecule has 0 saturated carbocycles. The van der Waals surface area contributed by atoms with Gasteiger partial charge >= 0.3 is 0 Å². The summed E-state index contributed by atoms with van der Waals surface area (Å²) in [6.07, 6.45) is 4.24. The van der Waals surface area contributed by atoms with Crippen LogP contribution < -0.4 is 0 Å². The molecule has 1 rings (SSSR count). The number of rotatable bonds is 3. The van der Waals surface area contributed by atoms with Gasteiger partial charge in [-0.05, 0) is 12.3 Å². The quantitative estimate of drug-likeness (QED) is 0.442. The van der Waals surface area contributed by atoms with E-state index in [1.54, 1.807) is 0 Å². The third-order valence-corrected chi connectivity index (χ3v) is 1.85. The summed E-state index contributed by atoms with van der Waals surface area (Å²) in [5.74, 6) is 0.542. The first-order valence-electron chi connectivity index (χ1n) is 3.73. The molecule has 58 valence electrons. The van der Waals surface area contributed by atoms with Gasteiger partial charge < -0.3 is 0 Å². The van der Waals surface area contributed by atoms with Crippen molar-refractivity contribution >= 4 is 0 Å². The van der Waals surface area contributed by atoms with Crippen molar-refractivity contribution in [2.75, 3.05) is 6.61 Å². The van der Waals surface area contributed by atoms with E-state index in [-0.39, 0.29) is 6.10 Å². The highest BCUT2D eigenvalue weighted by Crippen LogP contribution is 2.20. The lowest BCUT2D eigenvalue weighted by molar-refractivity contribution is -0.281. The van der Waals surface area contributed by atoms with Crippen molar-refractivity contribution in [1.29, 1.82) is 0 Å². The lowest BCUT2D eigenvalue weighted by atomic mass is 9.99. The van der Waals surface area contributed by atoms with Crippen LogP contribution in [0.4, 0.5) is 0 Å². The first kappa shape index (κ1) is 7.76. The molecule has 0 radical (unpaired) electrons. The molecular formula is C8H14O2. The summed E-state index contributed by atoms with van der Waals surface area (Å²) in [5.41, 5.74) is 0. The maximum atomic E-state index is 5.02. The molecule has 10 heavy (non-hydrogen) atoms. The van der Waals surface area contributed by atoms with E-state index in [1.165, 1.54) is 0 Å². The predicted molar refractivity (Wildman–Crippen MR) is 39.4 cm³/mol. The van der Waals surface area contributed by atoms with E-state index < -0.39 is 0 Å². The topological polar surface area (TPSA) is 18.5 Å². The zero-order valence-electron chi connectivity index (χ0n) is 6.38. The van der Waals surface area contributed by atoms with Crippen molar-refractivity contribution in [1.82, 2.24) is 0 Å². The van der Waals surface area contributed by atoms with Crippen LogP contribution in [0.5, 0.6) is 0 Å². The molecule has 0 amide bonds. The highest BCUT2D eigenvalue weighted by molar-refractivity contribution is 4.76. The Morgan fingerprint density at radius 2 is 2.60 bits per heavy atom. The van der Waals surface area contributed by atoms with E-state index >= 15 is 0 Å². The van der Waals surface area contributed by atoms with Gasteiger partial charge in [0.1, 0.15) is 0 Å². The molecule has 2 nitrogen and oxygen atoms in total. The van der Waals surface area contributed by atoms with Crippen molar-refractivity contribution in [2.24, 2.45) is 5.92 Å². The molecule has 1 saturated heterocycles. The summed E-state index contributed by atoms with van der Waals surface area (Å²) < 4.78 is 0. The molecule has 0 aliphatic carbocycles. The standard InChI is InChI=1S/C8H14O2/c1-3-4-7(2)8-5-6-9-10-8/h3,7-8H,1,4-6H2,2H3. The molecule has 2 atom stereocenters. The Labute approximate surface area is 61.8 Å². The smallest absolute Gasteiger partial charge is 0.0981 e. The molecule has 0 spiro atoms. The highest BCUT2D eigenvalue weighted by atomic mass is 17.2. The average Bonchev–Trinajstić information content (AvgIpc) is 2.38. The van der Waals surface area contributed by atoms with Gasteiger partial charge in [-0.2, -0.15) is 0 Å². The Bertz CT molecular complexity index is 106. The maximum Gasteiger partial charge on any atom is 0.0981 e. The summed E-state index contributed by atoms with van der Waals surface area (Å²) in [6.45, 7) is 6.57. The van der Waals surface area contributed by atoms with Gasteiger partial charge in [-0.1, -0.05) is 13.0 Å². The molecular weight excluding hydrogens is 128 g/mol. The van der Waals surface area contributed by atoms with Crippen LogP contribution in [0.1, 0.15) is 19.8 Å². The minimum atomic E-state index is 0.290. The minimum absolute atomic E-state index is 0.290. The van der Waals surface area contributed by atoms with Crippen LogP contribution in [-0.2, 0) is 9.78 Å². The van der Waals surface area contributed by atoms with E-state index in [1.807, 2.05) is 6.08 Å². The highest BCUT2D eigenvalue weighted by Gasteiger charge is 2.22. The Balaban J connectivity index is 2.24. The van der Waals surface area contributed by atoms with Gasteiger partial charge in [0.05, 0.1) is 12.7 Å². The van der Waals surface area contributed by atoms with E-state index in [4.69, 9.17) is 9.78 Å². The average molecular weight is 142 g/mol. The lowest BCUT2D eigenvalue weighted by Gasteiger charge is -2.13. The molecule has 0 aromatic carbocycles. The minimum Gasteiger partial charge on any atom is -0.236 e. The lowest BCUT2D eigenvalue weighted by Crippen LogP contribution is -2.15. The van der Waals surface area contributed by atoms with Crippen molar-refractivity contribution in [3.8, 4) is 0 Å². The van der Waals surface area contributed by atoms with Crippen molar-refractivity contribution in [2.45, 2.75) is 25.9 Å². The first-order valence-corrected chi connectivity index (χ1v) is 3.73. The molecule has 0 bridgehead atoms. The van der Waals surface area contributed by atoms with Crippen LogP contribution in [-0.4, -0.2) is 12.7 Å². The third kappa shape index (κ3) is 1.82. The Hall–Kier alpha value is -0.340. The van der Waals surface area contributed by atoms with Gasteiger partial charge in [0.2, 0.25) is 0 Å². The molecule has 1 heterocycles. The van der Waals surface area contributed by atoms with Crippen LogP contribution in [0.3, 0.4) is 0 Å². The molecule has 0 aromatic heterocycles. The zero-order chi connectivity index (χ0) is 7.40. The van der Waals surface area contributed by atoms with Crippen LogP contribution in [0.25, 0.3) is 0 Å². The van der Waals surface area contributed by atoms with E-state index in [0.717, 1.165) is 19.4 Å². The summed E-state index contributed by atoms with van der Waals surface area (Å²) >= 11 is 0. The van der Waals surface area contributed by atoms with Crippen molar-refractivity contribution < 1.29 is 9.78 Å². The summed E-state index contributed by atoms with van der Waals surface area (Å²) in [5, 5.41) is 0. The van der Waals surface area contributed by atoms with Crippen LogP contribution in [0.15, 0.2) is 12.7 Å². The fourth-order valence-electron chi connectivity index (χ4n) is 1.14. The number of hydrogen-bond donors (Lipinski definition) is 0. The predicted octanol–water partition coefficient (Wildman–Crippen LogP) is 1.92. The molecule has 1 fully saturated rings. The zero-order valence-corrected chi connectivity index (χ0v) is 6.38. The molecule has 1 aliphatic rings. The Morgan fingerprint density at radius 1 is 1.80 bits per heavy atom. The van der Waals surface area contributed by atoms with Crippen LogP contribution in [0.2, 0.25) is 0 Å². The first-order chi connectivity index (χ1) is 4.84. The van der Waals surface area contributed by atoms with E-state index in [0.29, 0.717) is 5.92 Å². The molecule has 0 aromatic rings.